The first-order chi connectivity index (χ1) is 9.81. The molecular formula is C16H21N3S. The van der Waals surface area contributed by atoms with Gasteiger partial charge in [-0.05, 0) is 43.6 Å². The molecule has 2 aromatic heterocycles. The highest BCUT2D eigenvalue weighted by Crippen LogP contribution is 2.40. The van der Waals surface area contributed by atoms with Gasteiger partial charge in [-0.1, -0.05) is 19.8 Å². The van der Waals surface area contributed by atoms with Crippen LogP contribution in [0.5, 0.6) is 0 Å². The Balaban J connectivity index is 1.76. The second-order valence-corrected chi connectivity index (χ2v) is 7.46. The predicted molar refractivity (Wildman–Crippen MR) is 84.5 cm³/mol. The number of thiophene rings is 1. The second kappa shape index (κ2) is 4.99. The Kier molecular flexibility index (Phi) is 3.14. The maximum atomic E-state index is 4.55. The smallest absolute Gasteiger partial charge is 0.138 e. The number of anilines is 1. The highest BCUT2D eigenvalue weighted by atomic mass is 32.1. The molecule has 1 fully saturated rings. The van der Waals surface area contributed by atoms with Crippen LogP contribution in [0.1, 0.15) is 49.5 Å². The monoisotopic (exact) mass is 287 g/mol. The van der Waals surface area contributed by atoms with Gasteiger partial charge in [0.05, 0.1) is 5.39 Å². The van der Waals surface area contributed by atoms with Gasteiger partial charge in [0, 0.05) is 10.9 Å². The molecule has 3 nitrogen and oxygen atoms in total. The molecule has 20 heavy (non-hydrogen) atoms. The molecule has 2 aliphatic carbocycles. The van der Waals surface area contributed by atoms with E-state index in [9.17, 15) is 0 Å². The number of rotatable bonds is 2. The summed E-state index contributed by atoms with van der Waals surface area (Å²) >= 11 is 1.88. The third-order valence-electron chi connectivity index (χ3n) is 4.79. The van der Waals surface area contributed by atoms with E-state index >= 15 is 0 Å². The van der Waals surface area contributed by atoms with Crippen LogP contribution in [0, 0.1) is 5.92 Å². The predicted octanol–water partition coefficient (Wildman–Crippen LogP) is 4.17. The summed E-state index contributed by atoms with van der Waals surface area (Å²) in [7, 11) is 0. The molecule has 0 spiro atoms. The number of nitrogens with one attached hydrogen (secondary N) is 1. The third kappa shape index (κ3) is 2.10. The van der Waals surface area contributed by atoms with Gasteiger partial charge in [0.15, 0.2) is 0 Å². The van der Waals surface area contributed by atoms with Gasteiger partial charge in [-0.15, -0.1) is 11.3 Å². The number of fused-ring (bicyclic) bond motifs is 3. The van der Waals surface area contributed by atoms with Crippen molar-refractivity contribution in [3.63, 3.8) is 0 Å². The van der Waals surface area contributed by atoms with Crippen molar-refractivity contribution < 1.29 is 0 Å². The third-order valence-corrected chi connectivity index (χ3v) is 5.95. The summed E-state index contributed by atoms with van der Waals surface area (Å²) in [6.07, 6.45) is 10.7. The molecule has 0 saturated heterocycles. The van der Waals surface area contributed by atoms with Crippen LogP contribution in [-0.4, -0.2) is 16.0 Å². The standard InChI is InChI=1S/C16H21N3S/c1-10-6-7-12-13(8-10)20-16-14(12)15(17-9-18-16)19-11-4-2-3-5-11/h9-11H,2-8H2,1H3,(H,17,18,19)/t10-/m1/s1. The van der Waals surface area contributed by atoms with Crippen molar-refractivity contribution in [3.8, 4) is 0 Å². The molecule has 0 radical (unpaired) electrons. The fourth-order valence-corrected chi connectivity index (χ4v) is 5.00. The Labute approximate surface area is 123 Å². The van der Waals surface area contributed by atoms with Gasteiger partial charge in [-0.2, -0.15) is 0 Å². The largest absolute Gasteiger partial charge is 0.367 e. The molecule has 2 aliphatic rings. The lowest BCUT2D eigenvalue weighted by Crippen LogP contribution is -2.16. The van der Waals surface area contributed by atoms with E-state index in [-0.39, 0.29) is 0 Å². The Morgan fingerprint density at radius 1 is 1.20 bits per heavy atom. The zero-order valence-corrected chi connectivity index (χ0v) is 12.8. The molecule has 0 aliphatic heterocycles. The summed E-state index contributed by atoms with van der Waals surface area (Å²) < 4.78 is 0. The van der Waals surface area contributed by atoms with Crippen LogP contribution in [0.3, 0.4) is 0 Å². The minimum atomic E-state index is 0.617. The molecular weight excluding hydrogens is 266 g/mol. The first kappa shape index (κ1) is 12.6. The van der Waals surface area contributed by atoms with Crippen LogP contribution >= 0.6 is 11.3 Å². The normalized spacial score (nSPS) is 23.1. The first-order valence-electron chi connectivity index (χ1n) is 7.83. The number of aromatic nitrogens is 2. The Morgan fingerprint density at radius 3 is 2.90 bits per heavy atom. The molecule has 2 heterocycles. The number of hydrogen-bond acceptors (Lipinski definition) is 4. The molecule has 0 unspecified atom stereocenters. The van der Waals surface area contributed by atoms with Gasteiger partial charge in [0.2, 0.25) is 0 Å². The fraction of sp³-hybridized carbons (Fsp3) is 0.625. The molecule has 1 N–H and O–H groups in total. The average Bonchev–Trinajstić information content (AvgIpc) is 3.05. The first-order valence-corrected chi connectivity index (χ1v) is 8.64. The van der Waals surface area contributed by atoms with Crippen LogP contribution < -0.4 is 5.32 Å². The van der Waals surface area contributed by atoms with E-state index < -0.39 is 0 Å². The van der Waals surface area contributed by atoms with Gasteiger partial charge in [0.25, 0.3) is 0 Å². The summed E-state index contributed by atoms with van der Waals surface area (Å²) in [5.74, 6) is 1.91. The number of aryl methyl sites for hydroxylation is 1. The van der Waals surface area contributed by atoms with Crippen molar-refractivity contribution in [1.82, 2.24) is 9.97 Å². The maximum absolute atomic E-state index is 4.55. The molecule has 106 valence electrons. The van der Waals surface area contributed by atoms with E-state index in [2.05, 4.69) is 22.2 Å². The molecule has 1 saturated carbocycles. The molecule has 0 bridgehead atoms. The highest BCUT2D eigenvalue weighted by Gasteiger charge is 2.24. The van der Waals surface area contributed by atoms with Crippen LogP contribution in [0.2, 0.25) is 0 Å². The van der Waals surface area contributed by atoms with Crippen molar-refractivity contribution in [3.05, 3.63) is 16.8 Å². The van der Waals surface area contributed by atoms with Crippen molar-refractivity contribution in [2.24, 2.45) is 5.92 Å². The van der Waals surface area contributed by atoms with Gasteiger partial charge in [-0.3, -0.25) is 0 Å². The fourth-order valence-electron chi connectivity index (χ4n) is 3.65. The second-order valence-electron chi connectivity index (χ2n) is 6.38. The van der Waals surface area contributed by atoms with E-state index in [1.807, 2.05) is 11.3 Å². The van der Waals surface area contributed by atoms with Crippen molar-refractivity contribution in [2.45, 2.75) is 57.9 Å². The zero-order valence-electron chi connectivity index (χ0n) is 12.0. The summed E-state index contributed by atoms with van der Waals surface area (Å²) in [5, 5.41) is 5.01. The van der Waals surface area contributed by atoms with Crippen LogP contribution in [0.15, 0.2) is 6.33 Å². The molecule has 0 aromatic carbocycles. The lowest BCUT2D eigenvalue weighted by atomic mass is 9.89. The molecule has 2 aromatic rings. The Morgan fingerprint density at radius 2 is 2.05 bits per heavy atom. The maximum Gasteiger partial charge on any atom is 0.138 e. The van der Waals surface area contributed by atoms with E-state index in [0.717, 1.165) is 11.7 Å². The van der Waals surface area contributed by atoms with E-state index in [0.29, 0.717) is 6.04 Å². The quantitative estimate of drug-likeness (QED) is 0.900. The minimum Gasteiger partial charge on any atom is -0.367 e. The van der Waals surface area contributed by atoms with E-state index in [1.54, 1.807) is 11.2 Å². The molecule has 4 rings (SSSR count). The summed E-state index contributed by atoms with van der Waals surface area (Å²) in [4.78, 5) is 11.8. The van der Waals surface area contributed by atoms with Gasteiger partial charge in [0.1, 0.15) is 17.0 Å². The average molecular weight is 287 g/mol. The van der Waals surface area contributed by atoms with Crippen LogP contribution in [0.25, 0.3) is 10.2 Å². The Bertz CT molecular complexity index is 628. The minimum absolute atomic E-state index is 0.617. The van der Waals surface area contributed by atoms with Crippen molar-refractivity contribution in [1.29, 1.82) is 0 Å². The topological polar surface area (TPSA) is 37.8 Å². The number of hydrogen-bond donors (Lipinski definition) is 1. The van der Waals surface area contributed by atoms with Crippen molar-refractivity contribution in [2.75, 3.05) is 5.32 Å². The lowest BCUT2D eigenvalue weighted by molar-refractivity contribution is 0.509. The van der Waals surface area contributed by atoms with Crippen molar-refractivity contribution >= 4 is 27.4 Å². The Hall–Kier alpha value is -1.16. The summed E-state index contributed by atoms with van der Waals surface area (Å²) in [6.45, 7) is 2.36. The molecule has 4 heteroatoms. The summed E-state index contributed by atoms with van der Waals surface area (Å²) in [6, 6.07) is 0.617. The van der Waals surface area contributed by atoms with Gasteiger partial charge >= 0.3 is 0 Å². The van der Waals surface area contributed by atoms with Gasteiger partial charge < -0.3 is 5.32 Å². The zero-order chi connectivity index (χ0) is 13.5. The van der Waals surface area contributed by atoms with Gasteiger partial charge in [-0.25, -0.2) is 9.97 Å². The van der Waals surface area contributed by atoms with E-state index in [1.165, 1.54) is 60.7 Å². The van der Waals surface area contributed by atoms with E-state index in [4.69, 9.17) is 0 Å². The highest BCUT2D eigenvalue weighted by molar-refractivity contribution is 7.19. The van der Waals surface area contributed by atoms with Crippen LogP contribution in [-0.2, 0) is 12.8 Å². The molecule has 0 amide bonds. The summed E-state index contributed by atoms with van der Waals surface area (Å²) in [5.41, 5.74) is 1.53. The SMILES string of the molecule is C[C@@H]1CCc2c(sc3ncnc(NC4CCCC4)c23)C1. The lowest BCUT2D eigenvalue weighted by Gasteiger charge is -2.19. The number of nitrogens with zero attached hydrogens (tertiary/aromatic N) is 2. The van der Waals surface area contributed by atoms with Crippen LogP contribution in [0.4, 0.5) is 5.82 Å². The molecule has 1 atom stereocenters.